The largest absolute Gasteiger partial charge is 0.480 e. The number of amides is 1. The van der Waals surface area contributed by atoms with E-state index in [1.165, 1.54) is 11.8 Å². The summed E-state index contributed by atoms with van der Waals surface area (Å²) in [7, 11) is -3.73. The molecule has 0 aliphatic carbocycles. The van der Waals surface area contributed by atoms with E-state index in [0.29, 0.717) is 17.7 Å². The summed E-state index contributed by atoms with van der Waals surface area (Å²) in [6, 6.07) is 6.28. The number of hydrogen-bond acceptors (Lipinski definition) is 6. The van der Waals surface area contributed by atoms with Gasteiger partial charge in [0, 0.05) is 30.8 Å². The maximum atomic E-state index is 12.6. The van der Waals surface area contributed by atoms with E-state index in [2.05, 4.69) is 0 Å². The van der Waals surface area contributed by atoms with Crippen LogP contribution in [0.1, 0.15) is 27.6 Å². The molecule has 1 aliphatic rings. The van der Waals surface area contributed by atoms with Crippen LogP contribution >= 0.6 is 0 Å². The van der Waals surface area contributed by atoms with Crippen LogP contribution in [0.3, 0.4) is 0 Å². The molecule has 1 saturated heterocycles. The van der Waals surface area contributed by atoms with Crippen molar-refractivity contribution in [2.24, 2.45) is 0 Å². The molecule has 0 aromatic heterocycles. The van der Waals surface area contributed by atoms with E-state index in [0.717, 1.165) is 10.6 Å². The first-order chi connectivity index (χ1) is 12.6. The van der Waals surface area contributed by atoms with Gasteiger partial charge in [0.25, 0.3) is 5.91 Å². The number of carboxylic acids is 1. The molecule has 1 amide bonds. The number of aliphatic carboxylic acids is 1. The molecular weight excluding hydrogens is 376 g/mol. The third-order valence-corrected chi connectivity index (χ3v) is 5.37. The lowest BCUT2D eigenvalue weighted by molar-refractivity contribution is -0.137. The van der Waals surface area contributed by atoms with Gasteiger partial charge in [-0.3, -0.25) is 14.4 Å². The van der Waals surface area contributed by atoms with Crippen LogP contribution in [0.25, 0.3) is 0 Å². The average molecular weight is 398 g/mol. The number of carboxylic acid groups (broad SMARTS) is 1. The van der Waals surface area contributed by atoms with Crippen molar-refractivity contribution in [3.63, 3.8) is 0 Å². The Balaban J connectivity index is 2.06. The van der Waals surface area contributed by atoms with Gasteiger partial charge in [-0.2, -0.15) is 4.31 Å². The van der Waals surface area contributed by atoms with Gasteiger partial charge in [-0.25, -0.2) is 8.42 Å². The molecular formula is C17H22N2O7S. The van der Waals surface area contributed by atoms with Crippen LogP contribution in [-0.4, -0.2) is 85.5 Å². The highest BCUT2D eigenvalue weighted by Crippen LogP contribution is 2.14. The topological polar surface area (TPSA) is 121 Å². The fourth-order valence-electron chi connectivity index (χ4n) is 2.74. The first-order valence-corrected chi connectivity index (χ1v) is 10.1. The molecule has 0 radical (unpaired) electrons. The summed E-state index contributed by atoms with van der Waals surface area (Å²) in [5.74, 6) is -1.63. The number of carbonyl (C=O) groups excluding carboxylic acids is 2. The second kappa shape index (κ2) is 8.59. The quantitative estimate of drug-likeness (QED) is 0.645. The van der Waals surface area contributed by atoms with Crippen molar-refractivity contribution < 1.29 is 32.6 Å². The molecule has 1 aromatic carbocycles. The lowest BCUT2D eigenvalue weighted by Gasteiger charge is -2.35. The number of rotatable bonds is 7. The van der Waals surface area contributed by atoms with Crippen LogP contribution in [0.4, 0.5) is 0 Å². The van der Waals surface area contributed by atoms with Gasteiger partial charge in [0.05, 0.1) is 19.0 Å². The molecule has 1 heterocycles. The van der Waals surface area contributed by atoms with E-state index < -0.39 is 28.6 Å². The fourth-order valence-corrected chi connectivity index (χ4v) is 3.52. The normalized spacial score (nSPS) is 17.7. The predicted molar refractivity (Wildman–Crippen MR) is 96.1 cm³/mol. The number of ketones is 1. The van der Waals surface area contributed by atoms with Gasteiger partial charge in [0.2, 0.25) is 10.0 Å². The monoisotopic (exact) mass is 398 g/mol. The predicted octanol–water partition coefficient (Wildman–Crippen LogP) is 0.0764. The molecule has 1 unspecified atom stereocenters. The zero-order valence-electron chi connectivity index (χ0n) is 15.1. The highest BCUT2D eigenvalue weighted by Gasteiger charge is 2.30. The Morgan fingerprint density at radius 2 is 1.81 bits per heavy atom. The lowest BCUT2D eigenvalue weighted by atomic mass is 10.1. The molecule has 1 aliphatic heterocycles. The lowest BCUT2D eigenvalue weighted by Crippen LogP contribution is -2.51. The molecule has 27 heavy (non-hydrogen) atoms. The van der Waals surface area contributed by atoms with Gasteiger partial charge in [-0.1, -0.05) is 12.1 Å². The van der Waals surface area contributed by atoms with Gasteiger partial charge in [-0.15, -0.1) is 0 Å². The smallest absolute Gasteiger partial charge is 0.318 e. The summed E-state index contributed by atoms with van der Waals surface area (Å²) in [6.45, 7) is 1.30. The minimum atomic E-state index is -3.73. The molecule has 1 fully saturated rings. The zero-order valence-corrected chi connectivity index (χ0v) is 15.9. The van der Waals surface area contributed by atoms with Crippen LogP contribution in [0, 0.1) is 0 Å². The van der Waals surface area contributed by atoms with Crippen molar-refractivity contribution in [3.8, 4) is 0 Å². The Morgan fingerprint density at radius 1 is 1.22 bits per heavy atom. The Bertz CT molecular complexity index is 820. The van der Waals surface area contributed by atoms with Crippen molar-refractivity contribution in [2.75, 3.05) is 39.0 Å². The van der Waals surface area contributed by atoms with Crippen LogP contribution in [0.5, 0.6) is 0 Å². The molecule has 2 rings (SSSR count). The van der Waals surface area contributed by atoms with E-state index in [9.17, 15) is 22.8 Å². The van der Waals surface area contributed by atoms with Crippen molar-refractivity contribution >= 4 is 27.7 Å². The Hall–Kier alpha value is -2.30. The van der Waals surface area contributed by atoms with Crippen molar-refractivity contribution in [2.45, 2.75) is 13.0 Å². The summed E-state index contributed by atoms with van der Waals surface area (Å²) in [5, 5.41) is 8.89. The molecule has 0 spiro atoms. The summed E-state index contributed by atoms with van der Waals surface area (Å²) >= 11 is 0. The Kier molecular flexibility index (Phi) is 6.68. The zero-order chi connectivity index (χ0) is 20.2. The van der Waals surface area contributed by atoms with Crippen LogP contribution in [0.2, 0.25) is 0 Å². The van der Waals surface area contributed by atoms with Gasteiger partial charge in [0.15, 0.2) is 5.78 Å². The maximum absolute atomic E-state index is 12.6. The molecule has 1 aromatic rings. The highest BCUT2D eigenvalue weighted by molar-refractivity contribution is 7.88. The first kappa shape index (κ1) is 21.0. The van der Waals surface area contributed by atoms with Crippen LogP contribution in [-0.2, 0) is 19.6 Å². The van der Waals surface area contributed by atoms with E-state index in [1.54, 1.807) is 24.3 Å². The second-order valence-electron chi connectivity index (χ2n) is 6.33. The molecule has 1 N–H and O–H groups in total. The van der Waals surface area contributed by atoms with Gasteiger partial charge in [-0.05, 0) is 19.1 Å². The fraction of sp³-hybridized carbons (Fsp3) is 0.471. The Morgan fingerprint density at radius 3 is 2.33 bits per heavy atom. The van der Waals surface area contributed by atoms with E-state index in [1.807, 2.05) is 0 Å². The van der Waals surface area contributed by atoms with Crippen molar-refractivity contribution in [1.82, 2.24) is 9.21 Å². The van der Waals surface area contributed by atoms with Crippen LogP contribution in [0.15, 0.2) is 24.3 Å². The van der Waals surface area contributed by atoms with E-state index in [-0.39, 0.29) is 31.4 Å². The minimum absolute atomic E-state index is 0.0975. The average Bonchev–Trinajstić information content (AvgIpc) is 2.59. The number of hydrogen-bond donors (Lipinski definition) is 1. The number of benzene rings is 1. The molecule has 1 atom stereocenters. The highest BCUT2D eigenvalue weighted by atomic mass is 32.2. The third-order valence-electron chi connectivity index (χ3n) is 4.15. The Labute approximate surface area is 157 Å². The van der Waals surface area contributed by atoms with E-state index >= 15 is 0 Å². The number of ether oxygens (including phenoxy) is 1. The van der Waals surface area contributed by atoms with E-state index in [4.69, 9.17) is 9.84 Å². The summed E-state index contributed by atoms with van der Waals surface area (Å²) in [6.07, 6.45) is 0.298. The number of sulfonamides is 1. The second-order valence-corrected chi connectivity index (χ2v) is 8.31. The summed E-state index contributed by atoms with van der Waals surface area (Å²) < 4.78 is 29.9. The molecule has 0 saturated carbocycles. The number of nitrogens with zero attached hydrogens (tertiary/aromatic N) is 2. The van der Waals surface area contributed by atoms with Crippen molar-refractivity contribution in [1.29, 1.82) is 0 Å². The third kappa shape index (κ3) is 5.84. The van der Waals surface area contributed by atoms with Gasteiger partial charge in [0.1, 0.15) is 6.54 Å². The standard InChI is InChI=1S/C17H22N2O7S/c1-12(20)13-3-5-14(6-4-13)17(23)18-7-8-26-15(9-18)10-19(11-16(21)22)27(2,24)25/h3-6,15H,7-11H2,1-2H3,(H,21,22). The first-order valence-electron chi connectivity index (χ1n) is 8.26. The number of morpholine rings is 1. The molecule has 10 heteroatoms. The number of Topliss-reactive ketones (excluding diaryl/α,β-unsaturated/α-hetero) is 1. The summed E-state index contributed by atoms with van der Waals surface area (Å²) in [4.78, 5) is 36.4. The SMILES string of the molecule is CC(=O)c1ccc(C(=O)N2CCOC(CN(CC(=O)O)S(C)(=O)=O)C2)cc1. The maximum Gasteiger partial charge on any atom is 0.318 e. The molecule has 0 bridgehead atoms. The van der Waals surface area contributed by atoms with Crippen LogP contribution < -0.4 is 0 Å². The summed E-state index contributed by atoms with van der Waals surface area (Å²) in [5.41, 5.74) is 0.912. The van der Waals surface area contributed by atoms with Gasteiger partial charge < -0.3 is 14.7 Å². The molecule has 148 valence electrons. The number of carbonyl (C=O) groups is 3. The minimum Gasteiger partial charge on any atom is -0.480 e. The molecule has 9 nitrogen and oxygen atoms in total. The van der Waals surface area contributed by atoms with Gasteiger partial charge >= 0.3 is 5.97 Å². The van der Waals surface area contributed by atoms with Crippen molar-refractivity contribution in [3.05, 3.63) is 35.4 Å².